The number of carbonyl (C=O) groups excluding carboxylic acids is 1. The molecule has 1 aromatic heterocycles. The maximum atomic E-state index is 12.0. The number of halogens is 1. The highest BCUT2D eigenvalue weighted by Gasteiger charge is 2.24. The van der Waals surface area contributed by atoms with Crippen LogP contribution >= 0.6 is 15.9 Å². The van der Waals surface area contributed by atoms with Crippen molar-refractivity contribution in [3.05, 3.63) is 34.1 Å². The minimum absolute atomic E-state index is 0.216. The van der Waals surface area contributed by atoms with E-state index in [0.717, 1.165) is 23.0 Å². The summed E-state index contributed by atoms with van der Waals surface area (Å²) in [4.78, 5) is 18.0. The number of likely N-dealkylation sites (tertiary alicyclic amines) is 1. The second kappa shape index (κ2) is 6.60. The third kappa shape index (κ3) is 5.16. The van der Waals surface area contributed by atoms with Gasteiger partial charge in [-0.2, -0.15) is 0 Å². The third-order valence-corrected chi connectivity index (χ3v) is 3.65. The Morgan fingerprint density at radius 2 is 2.00 bits per heavy atom. The Morgan fingerprint density at radius 1 is 1.33 bits per heavy atom. The SMILES string of the molecule is CC(C)(C)OC(=O)N1CCC(=Cc2ccc(Br)nc2)CC1. The van der Waals surface area contributed by atoms with E-state index in [2.05, 4.69) is 27.0 Å². The Kier molecular flexibility index (Phi) is 5.04. The average molecular weight is 353 g/mol. The topological polar surface area (TPSA) is 42.4 Å². The molecule has 0 atom stereocenters. The van der Waals surface area contributed by atoms with Crippen LogP contribution in [0.1, 0.15) is 39.2 Å². The molecule has 5 heteroatoms. The molecule has 1 aliphatic heterocycles. The molecule has 1 aromatic rings. The highest BCUT2D eigenvalue weighted by molar-refractivity contribution is 9.10. The van der Waals surface area contributed by atoms with Gasteiger partial charge in [-0.25, -0.2) is 9.78 Å². The number of carbonyl (C=O) groups is 1. The maximum Gasteiger partial charge on any atom is 0.410 e. The lowest BCUT2D eigenvalue weighted by Gasteiger charge is -2.31. The van der Waals surface area contributed by atoms with Crippen molar-refractivity contribution in [3.63, 3.8) is 0 Å². The Hall–Kier alpha value is -1.36. The van der Waals surface area contributed by atoms with Crippen molar-refractivity contribution < 1.29 is 9.53 Å². The molecule has 0 radical (unpaired) electrons. The first-order valence-electron chi connectivity index (χ1n) is 7.12. The summed E-state index contributed by atoms with van der Waals surface area (Å²) in [5.74, 6) is 0. The minimum atomic E-state index is -0.434. The molecule has 0 aromatic carbocycles. The van der Waals surface area contributed by atoms with E-state index in [1.807, 2.05) is 39.1 Å². The molecule has 0 aliphatic carbocycles. The standard InChI is InChI=1S/C16H21BrN2O2/c1-16(2,3)21-15(20)19-8-6-12(7-9-19)10-13-4-5-14(17)18-11-13/h4-5,10-11H,6-9H2,1-3H3. The summed E-state index contributed by atoms with van der Waals surface area (Å²) < 4.78 is 6.23. The van der Waals surface area contributed by atoms with E-state index >= 15 is 0 Å². The molecular weight excluding hydrogens is 332 g/mol. The van der Waals surface area contributed by atoms with Crippen molar-refractivity contribution in [2.24, 2.45) is 0 Å². The summed E-state index contributed by atoms with van der Waals surface area (Å²) in [7, 11) is 0. The third-order valence-electron chi connectivity index (χ3n) is 3.18. The Balaban J connectivity index is 1.91. The number of hydrogen-bond acceptors (Lipinski definition) is 3. The van der Waals surface area contributed by atoms with E-state index in [-0.39, 0.29) is 6.09 Å². The lowest BCUT2D eigenvalue weighted by molar-refractivity contribution is 0.0237. The Morgan fingerprint density at radius 3 is 2.52 bits per heavy atom. The van der Waals surface area contributed by atoms with Crippen LogP contribution in [0.2, 0.25) is 0 Å². The van der Waals surface area contributed by atoms with Gasteiger partial charge in [-0.15, -0.1) is 0 Å². The lowest BCUT2D eigenvalue weighted by Crippen LogP contribution is -2.40. The first kappa shape index (κ1) is 16.0. The smallest absolute Gasteiger partial charge is 0.410 e. The van der Waals surface area contributed by atoms with Gasteiger partial charge in [-0.1, -0.05) is 17.7 Å². The van der Waals surface area contributed by atoms with Gasteiger partial charge in [0.15, 0.2) is 0 Å². The predicted octanol–water partition coefficient (Wildman–Crippen LogP) is 4.26. The van der Waals surface area contributed by atoms with E-state index in [4.69, 9.17) is 4.74 Å². The second-order valence-corrected chi connectivity index (χ2v) is 7.00. The van der Waals surface area contributed by atoms with E-state index in [1.54, 1.807) is 4.90 Å². The number of piperidine rings is 1. The van der Waals surface area contributed by atoms with Crippen molar-refractivity contribution in [2.45, 2.75) is 39.2 Å². The van der Waals surface area contributed by atoms with E-state index in [0.29, 0.717) is 13.1 Å². The number of aromatic nitrogens is 1. The average Bonchev–Trinajstić information content (AvgIpc) is 2.40. The largest absolute Gasteiger partial charge is 0.444 e. The lowest BCUT2D eigenvalue weighted by atomic mass is 10.0. The zero-order valence-electron chi connectivity index (χ0n) is 12.7. The zero-order chi connectivity index (χ0) is 15.5. The fraction of sp³-hybridized carbons (Fsp3) is 0.500. The van der Waals surface area contributed by atoms with Crippen LogP contribution in [0.4, 0.5) is 4.79 Å². The van der Waals surface area contributed by atoms with Gasteiger partial charge in [0.05, 0.1) is 0 Å². The van der Waals surface area contributed by atoms with Crippen molar-refractivity contribution >= 4 is 28.1 Å². The van der Waals surface area contributed by atoms with Gasteiger partial charge >= 0.3 is 6.09 Å². The molecule has 0 spiro atoms. The van der Waals surface area contributed by atoms with Crippen LogP contribution in [0.15, 0.2) is 28.5 Å². The van der Waals surface area contributed by atoms with Gasteiger partial charge < -0.3 is 9.64 Å². The molecule has 1 fully saturated rings. The van der Waals surface area contributed by atoms with Crippen molar-refractivity contribution in [1.29, 1.82) is 0 Å². The van der Waals surface area contributed by atoms with Crippen LogP contribution in [-0.4, -0.2) is 34.7 Å². The maximum absolute atomic E-state index is 12.0. The molecule has 0 unspecified atom stereocenters. The molecule has 0 bridgehead atoms. The monoisotopic (exact) mass is 352 g/mol. The molecule has 4 nitrogen and oxygen atoms in total. The van der Waals surface area contributed by atoms with Crippen LogP contribution in [0.5, 0.6) is 0 Å². The Labute approximate surface area is 134 Å². The molecule has 1 saturated heterocycles. The van der Waals surface area contributed by atoms with Crippen molar-refractivity contribution in [2.75, 3.05) is 13.1 Å². The fourth-order valence-corrected chi connectivity index (χ4v) is 2.39. The van der Waals surface area contributed by atoms with Gasteiger partial charge in [-0.3, -0.25) is 0 Å². The van der Waals surface area contributed by atoms with E-state index in [9.17, 15) is 4.79 Å². The van der Waals surface area contributed by atoms with Gasteiger partial charge in [0.2, 0.25) is 0 Å². The second-order valence-electron chi connectivity index (χ2n) is 6.18. The van der Waals surface area contributed by atoms with Crippen LogP contribution in [0, 0.1) is 0 Å². The summed E-state index contributed by atoms with van der Waals surface area (Å²) in [5, 5.41) is 0. The summed E-state index contributed by atoms with van der Waals surface area (Å²) >= 11 is 3.33. The summed E-state index contributed by atoms with van der Waals surface area (Å²) in [6, 6.07) is 3.96. The van der Waals surface area contributed by atoms with Gasteiger partial charge in [0.1, 0.15) is 10.2 Å². The highest BCUT2D eigenvalue weighted by atomic mass is 79.9. The van der Waals surface area contributed by atoms with Crippen LogP contribution in [0.25, 0.3) is 6.08 Å². The quantitative estimate of drug-likeness (QED) is 0.709. The number of rotatable bonds is 1. The number of ether oxygens (including phenoxy) is 1. The van der Waals surface area contributed by atoms with Gasteiger partial charge in [0, 0.05) is 19.3 Å². The van der Waals surface area contributed by atoms with E-state index < -0.39 is 5.60 Å². The van der Waals surface area contributed by atoms with Gasteiger partial charge in [-0.05, 0) is 61.2 Å². The molecule has 114 valence electrons. The molecule has 1 amide bonds. The fourth-order valence-electron chi connectivity index (χ4n) is 2.16. The predicted molar refractivity (Wildman–Crippen MR) is 87.0 cm³/mol. The Bertz CT molecular complexity index is 522. The van der Waals surface area contributed by atoms with Crippen LogP contribution in [0.3, 0.4) is 0 Å². The highest BCUT2D eigenvalue weighted by Crippen LogP contribution is 2.21. The molecule has 2 heterocycles. The zero-order valence-corrected chi connectivity index (χ0v) is 14.3. The molecule has 1 aliphatic rings. The number of pyridine rings is 1. The molecular formula is C16H21BrN2O2. The summed E-state index contributed by atoms with van der Waals surface area (Å²) in [5.41, 5.74) is 2.01. The van der Waals surface area contributed by atoms with Crippen LogP contribution in [-0.2, 0) is 4.74 Å². The van der Waals surface area contributed by atoms with E-state index in [1.165, 1.54) is 5.57 Å². The number of amides is 1. The first-order chi connectivity index (χ1) is 9.83. The van der Waals surface area contributed by atoms with Crippen molar-refractivity contribution in [1.82, 2.24) is 9.88 Å². The first-order valence-corrected chi connectivity index (χ1v) is 7.92. The molecule has 21 heavy (non-hydrogen) atoms. The van der Waals surface area contributed by atoms with Crippen LogP contribution < -0.4 is 0 Å². The molecule has 0 saturated carbocycles. The molecule has 0 N–H and O–H groups in total. The van der Waals surface area contributed by atoms with Crippen molar-refractivity contribution in [3.8, 4) is 0 Å². The minimum Gasteiger partial charge on any atom is -0.444 e. The number of hydrogen-bond donors (Lipinski definition) is 0. The summed E-state index contributed by atoms with van der Waals surface area (Å²) in [6.45, 7) is 7.09. The summed E-state index contributed by atoms with van der Waals surface area (Å²) in [6.07, 6.45) is 5.56. The molecule has 2 rings (SSSR count). The normalized spacial score (nSPS) is 15.8. The van der Waals surface area contributed by atoms with Gasteiger partial charge in [0.25, 0.3) is 0 Å². The number of nitrogens with zero attached hydrogens (tertiary/aromatic N) is 2.